The minimum absolute atomic E-state index is 0.0165. The molecule has 3 rings (SSSR count). The molecule has 2 aliphatic heterocycles. The third kappa shape index (κ3) is 11.1. The molecule has 0 aromatic carbocycles. The summed E-state index contributed by atoms with van der Waals surface area (Å²) in [6, 6.07) is 0. The van der Waals surface area contributed by atoms with Gasteiger partial charge in [0.1, 0.15) is 0 Å². The van der Waals surface area contributed by atoms with E-state index in [9.17, 15) is 0 Å². The zero-order valence-corrected chi connectivity index (χ0v) is 19.7. The van der Waals surface area contributed by atoms with E-state index >= 15 is 0 Å². The van der Waals surface area contributed by atoms with Crippen LogP contribution in [0.1, 0.15) is 109 Å². The van der Waals surface area contributed by atoms with Crippen molar-refractivity contribution in [3.63, 3.8) is 0 Å². The molecule has 0 bridgehead atoms. The summed E-state index contributed by atoms with van der Waals surface area (Å²) < 4.78 is 23.1. The van der Waals surface area contributed by atoms with E-state index in [2.05, 4.69) is 18.2 Å². The maximum Gasteiger partial charge on any atom is 0.158 e. The summed E-state index contributed by atoms with van der Waals surface area (Å²) in [5.74, 6) is 0. The van der Waals surface area contributed by atoms with E-state index in [1.165, 1.54) is 95.5 Å². The van der Waals surface area contributed by atoms with Crippen molar-refractivity contribution in [2.45, 2.75) is 128 Å². The fourth-order valence-corrected chi connectivity index (χ4v) is 4.67. The second-order valence-electron chi connectivity index (χ2n) is 9.44. The minimum Gasteiger partial charge on any atom is -0.353 e. The SMILES string of the molecule is C1=CC(OC2CCCCO2)CC=C1CCCCCCCCCCCOC1CCCCO1. The van der Waals surface area contributed by atoms with Gasteiger partial charge in [0, 0.05) is 19.8 Å². The van der Waals surface area contributed by atoms with E-state index in [-0.39, 0.29) is 18.7 Å². The Balaban J connectivity index is 1.07. The van der Waals surface area contributed by atoms with Crippen LogP contribution in [0.3, 0.4) is 0 Å². The predicted octanol–water partition coefficient (Wildman–Crippen LogP) is 7.23. The minimum atomic E-state index is 0.0165. The highest BCUT2D eigenvalue weighted by atomic mass is 16.7. The summed E-state index contributed by atoms with van der Waals surface area (Å²) >= 11 is 0. The fraction of sp³-hybridized carbons (Fsp3) is 0.852. The Bertz CT molecular complexity index is 503. The summed E-state index contributed by atoms with van der Waals surface area (Å²) in [7, 11) is 0. The molecule has 3 aliphatic rings. The van der Waals surface area contributed by atoms with Crippen LogP contribution in [0.5, 0.6) is 0 Å². The van der Waals surface area contributed by atoms with Crippen LogP contribution in [0.15, 0.2) is 23.8 Å². The van der Waals surface area contributed by atoms with Gasteiger partial charge in [-0.3, -0.25) is 0 Å². The van der Waals surface area contributed by atoms with Crippen molar-refractivity contribution < 1.29 is 18.9 Å². The fourth-order valence-electron chi connectivity index (χ4n) is 4.67. The van der Waals surface area contributed by atoms with Gasteiger partial charge < -0.3 is 18.9 Å². The molecule has 3 atom stereocenters. The van der Waals surface area contributed by atoms with Gasteiger partial charge in [-0.05, 0) is 64.2 Å². The first-order chi connectivity index (χ1) is 15.4. The molecule has 2 saturated heterocycles. The van der Waals surface area contributed by atoms with E-state index in [0.717, 1.165) is 39.1 Å². The highest BCUT2D eigenvalue weighted by Gasteiger charge is 2.19. The molecular weight excluding hydrogens is 388 g/mol. The predicted molar refractivity (Wildman–Crippen MR) is 126 cm³/mol. The zero-order valence-electron chi connectivity index (χ0n) is 19.7. The Kier molecular flexibility index (Phi) is 12.9. The smallest absolute Gasteiger partial charge is 0.158 e. The third-order valence-corrected chi connectivity index (χ3v) is 6.65. The van der Waals surface area contributed by atoms with Crippen molar-refractivity contribution in [2.24, 2.45) is 0 Å². The van der Waals surface area contributed by atoms with Crippen LogP contribution in [0.2, 0.25) is 0 Å². The average Bonchev–Trinajstić information content (AvgIpc) is 2.82. The largest absolute Gasteiger partial charge is 0.353 e. The molecule has 0 spiro atoms. The van der Waals surface area contributed by atoms with Crippen molar-refractivity contribution in [1.82, 2.24) is 0 Å². The van der Waals surface area contributed by atoms with Gasteiger partial charge in [0.2, 0.25) is 0 Å². The zero-order chi connectivity index (χ0) is 21.4. The summed E-state index contributed by atoms with van der Waals surface area (Å²) in [5, 5.41) is 0. The lowest BCUT2D eigenvalue weighted by Gasteiger charge is -2.27. The molecule has 178 valence electrons. The molecular formula is C27H46O4. The van der Waals surface area contributed by atoms with Crippen molar-refractivity contribution >= 4 is 0 Å². The number of hydrogen-bond donors (Lipinski definition) is 0. The lowest BCUT2D eigenvalue weighted by molar-refractivity contribution is -0.177. The van der Waals surface area contributed by atoms with Crippen LogP contribution in [-0.2, 0) is 18.9 Å². The Labute approximate surface area is 190 Å². The summed E-state index contributed by atoms with van der Waals surface area (Å²) in [4.78, 5) is 0. The molecule has 0 saturated carbocycles. The van der Waals surface area contributed by atoms with Crippen LogP contribution in [0.25, 0.3) is 0 Å². The Morgan fingerprint density at radius 3 is 2.00 bits per heavy atom. The number of hydrogen-bond acceptors (Lipinski definition) is 4. The molecule has 4 nitrogen and oxygen atoms in total. The second-order valence-corrected chi connectivity index (χ2v) is 9.44. The Morgan fingerprint density at radius 2 is 1.39 bits per heavy atom. The van der Waals surface area contributed by atoms with Crippen LogP contribution in [0, 0.1) is 0 Å². The second kappa shape index (κ2) is 16.0. The van der Waals surface area contributed by atoms with Crippen LogP contribution in [0.4, 0.5) is 0 Å². The van der Waals surface area contributed by atoms with E-state index in [1.807, 2.05) is 0 Å². The number of allylic oxidation sites excluding steroid dienone is 2. The third-order valence-electron chi connectivity index (χ3n) is 6.65. The van der Waals surface area contributed by atoms with Gasteiger partial charge in [-0.2, -0.15) is 0 Å². The normalized spacial score (nSPS) is 26.7. The molecule has 3 unspecified atom stereocenters. The summed E-state index contributed by atoms with van der Waals surface area (Å²) in [6.07, 6.45) is 28.4. The molecule has 31 heavy (non-hydrogen) atoms. The molecule has 0 amide bonds. The molecule has 0 radical (unpaired) electrons. The number of unbranched alkanes of at least 4 members (excludes halogenated alkanes) is 8. The summed E-state index contributed by atoms with van der Waals surface area (Å²) in [6.45, 7) is 2.61. The molecule has 2 heterocycles. The Morgan fingerprint density at radius 1 is 0.742 bits per heavy atom. The molecule has 0 aromatic heterocycles. The molecule has 1 aliphatic carbocycles. The van der Waals surface area contributed by atoms with Crippen molar-refractivity contribution in [1.29, 1.82) is 0 Å². The van der Waals surface area contributed by atoms with Crippen molar-refractivity contribution in [3.05, 3.63) is 23.8 Å². The first-order valence-electron chi connectivity index (χ1n) is 13.3. The topological polar surface area (TPSA) is 36.9 Å². The standard InChI is InChI=1S/C27H46O4/c1(3-5-7-11-21-28-26-15-9-12-22-29-26)2-4-6-8-14-24-17-19-25(20-18-24)31-27-16-10-13-23-30-27/h17-19,25-27H,1-16,20-23H2. The van der Waals surface area contributed by atoms with Gasteiger partial charge in [0.05, 0.1) is 6.10 Å². The molecule has 0 N–H and O–H groups in total. The highest BCUT2D eigenvalue weighted by Crippen LogP contribution is 2.23. The van der Waals surface area contributed by atoms with Crippen molar-refractivity contribution in [3.8, 4) is 0 Å². The van der Waals surface area contributed by atoms with Gasteiger partial charge in [0.25, 0.3) is 0 Å². The highest BCUT2D eigenvalue weighted by molar-refractivity contribution is 5.24. The quantitative estimate of drug-likeness (QED) is 0.255. The monoisotopic (exact) mass is 434 g/mol. The number of rotatable bonds is 15. The maximum absolute atomic E-state index is 6.05. The van der Waals surface area contributed by atoms with Gasteiger partial charge in [-0.25, -0.2) is 0 Å². The first-order valence-corrected chi connectivity index (χ1v) is 13.3. The Hall–Kier alpha value is -0.680. The average molecular weight is 435 g/mol. The van der Waals surface area contributed by atoms with Crippen LogP contribution >= 0.6 is 0 Å². The molecule has 4 heteroatoms. The van der Waals surface area contributed by atoms with Crippen molar-refractivity contribution in [2.75, 3.05) is 19.8 Å². The van der Waals surface area contributed by atoms with Crippen LogP contribution < -0.4 is 0 Å². The van der Waals surface area contributed by atoms with Gasteiger partial charge in [-0.1, -0.05) is 68.7 Å². The number of ether oxygens (including phenoxy) is 4. The first kappa shape index (κ1) is 25.0. The lowest BCUT2D eigenvalue weighted by atomic mass is 9.99. The van der Waals surface area contributed by atoms with E-state index < -0.39 is 0 Å². The summed E-state index contributed by atoms with van der Waals surface area (Å²) in [5.41, 5.74) is 1.49. The molecule has 2 fully saturated rings. The van der Waals surface area contributed by atoms with Gasteiger partial charge >= 0.3 is 0 Å². The van der Waals surface area contributed by atoms with Gasteiger partial charge in [-0.15, -0.1) is 0 Å². The van der Waals surface area contributed by atoms with E-state index in [1.54, 1.807) is 0 Å². The lowest BCUT2D eigenvalue weighted by Crippen LogP contribution is -2.27. The maximum atomic E-state index is 6.05. The van der Waals surface area contributed by atoms with E-state index in [4.69, 9.17) is 18.9 Å². The molecule has 0 aromatic rings. The van der Waals surface area contributed by atoms with E-state index in [0.29, 0.717) is 0 Å². The van der Waals surface area contributed by atoms with Crippen LogP contribution in [-0.4, -0.2) is 38.5 Å². The van der Waals surface area contributed by atoms with Gasteiger partial charge in [0.15, 0.2) is 12.6 Å².